The third-order valence-electron chi connectivity index (χ3n) is 0.921. The van der Waals surface area contributed by atoms with Crippen molar-refractivity contribution in [1.29, 1.82) is 0 Å². The fourth-order valence-electron chi connectivity index (χ4n) is 0.439. The van der Waals surface area contributed by atoms with Gasteiger partial charge in [0, 0.05) is 18.7 Å². The summed E-state index contributed by atoms with van der Waals surface area (Å²) in [6, 6.07) is 0. The third kappa shape index (κ3) is 5.03. The van der Waals surface area contributed by atoms with E-state index in [1.54, 1.807) is 0 Å². The second kappa shape index (κ2) is 5.31. The van der Waals surface area contributed by atoms with E-state index >= 15 is 0 Å². The van der Waals surface area contributed by atoms with Crippen molar-refractivity contribution in [3.8, 4) is 0 Å². The number of nitrogens with two attached hydrogens (primary N) is 1. The Morgan fingerprint density at radius 1 is 1.89 bits per heavy atom. The van der Waals surface area contributed by atoms with E-state index in [-0.39, 0.29) is 0 Å². The first-order chi connectivity index (χ1) is 4.31. The average Bonchev–Trinajstić information content (AvgIpc) is 1.85. The molecule has 0 radical (unpaired) electrons. The van der Waals surface area contributed by atoms with Gasteiger partial charge in [-0.3, -0.25) is 0 Å². The van der Waals surface area contributed by atoms with Crippen molar-refractivity contribution in [3.05, 3.63) is 12.3 Å². The Morgan fingerprint density at radius 2 is 2.56 bits per heavy atom. The molecule has 0 saturated heterocycles. The maximum absolute atomic E-state index is 5.03. The van der Waals surface area contributed by atoms with Gasteiger partial charge in [0.25, 0.3) is 0 Å². The van der Waals surface area contributed by atoms with Crippen molar-refractivity contribution in [2.75, 3.05) is 13.6 Å². The van der Waals surface area contributed by atoms with Crippen molar-refractivity contribution in [1.82, 2.24) is 5.32 Å². The van der Waals surface area contributed by atoms with Crippen molar-refractivity contribution >= 4 is 6.34 Å². The highest BCUT2D eigenvalue weighted by molar-refractivity contribution is 5.53. The summed E-state index contributed by atoms with van der Waals surface area (Å²) in [5, 5.41) is 2.98. The van der Waals surface area contributed by atoms with Gasteiger partial charge >= 0.3 is 0 Å². The lowest BCUT2D eigenvalue weighted by Gasteiger charge is -1.95. The molecule has 0 bridgehead atoms. The lowest BCUT2D eigenvalue weighted by atomic mass is 10.3. The van der Waals surface area contributed by atoms with Crippen LogP contribution in [0.25, 0.3) is 0 Å². The van der Waals surface area contributed by atoms with Crippen molar-refractivity contribution in [3.63, 3.8) is 0 Å². The zero-order valence-electron chi connectivity index (χ0n) is 5.72. The lowest BCUT2D eigenvalue weighted by molar-refractivity contribution is 0.783. The van der Waals surface area contributed by atoms with Crippen LogP contribution in [0.3, 0.4) is 0 Å². The Kier molecular flexibility index (Phi) is 4.82. The first kappa shape index (κ1) is 8.17. The first-order valence-electron chi connectivity index (χ1n) is 2.88. The summed E-state index contributed by atoms with van der Waals surface area (Å²) >= 11 is 0. The van der Waals surface area contributed by atoms with Gasteiger partial charge < -0.3 is 11.1 Å². The molecule has 0 spiro atoms. The quantitative estimate of drug-likeness (QED) is 0.415. The highest BCUT2D eigenvalue weighted by atomic mass is 14.8. The minimum Gasteiger partial charge on any atom is -0.390 e. The molecule has 0 heterocycles. The van der Waals surface area contributed by atoms with Crippen LogP contribution in [0.15, 0.2) is 17.3 Å². The fraction of sp³-hybridized carbons (Fsp3) is 0.500. The Balaban J connectivity index is 3.27. The number of hydrogen-bond donors (Lipinski definition) is 2. The zero-order valence-corrected chi connectivity index (χ0v) is 5.72. The molecule has 9 heavy (non-hydrogen) atoms. The second-order valence-electron chi connectivity index (χ2n) is 1.70. The molecule has 0 aliphatic heterocycles. The molecule has 0 aliphatic carbocycles. The highest BCUT2D eigenvalue weighted by Gasteiger charge is 1.85. The summed E-state index contributed by atoms with van der Waals surface area (Å²) in [5.41, 5.74) is 5.84. The van der Waals surface area contributed by atoms with Crippen LogP contribution < -0.4 is 11.1 Å². The average molecular weight is 127 g/mol. The Morgan fingerprint density at radius 3 is 3.00 bits per heavy atom. The molecular formula is C6H13N3. The van der Waals surface area contributed by atoms with E-state index in [1.165, 1.54) is 6.34 Å². The molecule has 0 fully saturated rings. The van der Waals surface area contributed by atoms with Gasteiger partial charge in [-0.1, -0.05) is 6.58 Å². The van der Waals surface area contributed by atoms with Gasteiger partial charge in [-0.25, -0.2) is 4.99 Å². The highest BCUT2D eigenvalue weighted by Crippen LogP contribution is 1.94. The van der Waals surface area contributed by atoms with Crippen molar-refractivity contribution < 1.29 is 0 Å². The number of nitrogens with one attached hydrogen (secondary N) is 1. The fourth-order valence-corrected chi connectivity index (χ4v) is 0.439. The molecule has 0 saturated carbocycles. The summed E-state index contributed by atoms with van der Waals surface area (Å²) < 4.78 is 0. The molecule has 0 atom stereocenters. The Bertz CT molecular complexity index is 107. The molecule has 0 aromatic heterocycles. The third-order valence-corrected chi connectivity index (χ3v) is 0.921. The normalized spacial score (nSPS) is 10.3. The van der Waals surface area contributed by atoms with Gasteiger partial charge in [0.05, 0.1) is 6.34 Å². The molecular weight excluding hydrogens is 114 g/mol. The molecule has 0 amide bonds. The van der Waals surface area contributed by atoms with Gasteiger partial charge in [0.1, 0.15) is 0 Å². The molecule has 0 aromatic rings. The van der Waals surface area contributed by atoms with E-state index in [2.05, 4.69) is 16.9 Å². The van der Waals surface area contributed by atoms with E-state index in [0.29, 0.717) is 0 Å². The standard InChI is InChI=1S/C6H13N3/c1-6(9-5-7)3-4-8-2/h5,8H,1,3-4H2,2H3,(H2,7,9). The smallest absolute Gasteiger partial charge is 0.0855 e. The van der Waals surface area contributed by atoms with Crippen molar-refractivity contribution in [2.45, 2.75) is 6.42 Å². The molecule has 0 rings (SSSR count). The van der Waals surface area contributed by atoms with Gasteiger partial charge in [0.15, 0.2) is 0 Å². The number of aliphatic imine (C=N–C) groups is 1. The monoisotopic (exact) mass is 127 g/mol. The molecule has 0 aromatic carbocycles. The SMILES string of the molecule is C=C(CCNC)N=CN. The number of nitrogens with zero attached hydrogens (tertiary/aromatic N) is 1. The van der Waals surface area contributed by atoms with E-state index in [1.807, 2.05) is 7.05 Å². The van der Waals surface area contributed by atoms with Crippen LogP contribution in [0.4, 0.5) is 0 Å². The maximum Gasteiger partial charge on any atom is 0.0855 e. The summed E-state index contributed by atoms with van der Waals surface area (Å²) in [5.74, 6) is 0. The van der Waals surface area contributed by atoms with Gasteiger partial charge in [0.2, 0.25) is 0 Å². The zero-order chi connectivity index (χ0) is 7.11. The van der Waals surface area contributed by atoms with E-state index in [4.69, 9.17) is 5.73 Å². The van der Waals surface area contributed by atoms with Crippen LogP contribution >= 0.6 is 0 Å². The molecule has 0 unspecified atom stereocenters. The molecule has 3 nitrogen and oxygen atoms in total. The summed E-state index contributed by atoms with van der Waals surface area (Å²) in [4.78, 5) is 3.78. The minimum atomic E-state index is 0.812. The topological polar surface area (TPSA) is 50.4 Å². The van der Waals surface area contributed by atoms with E-state index in [0.717, 1.165) is 18.7 Å². The molecule has 52 valence electrons. The Hall–Kier alpha value is -0.830. The predicted octanol–water partition coefficient (Wildman–Crippen LogP) is 0.0966. The first-order valence-corrected chi connectivity index (χ1v) is 2.88. The maximum atomic E-state index is 5.03. The number of hydrogen-bond acceptors (Lipinski definition) is 2. The van der Waals surface area contributed by atoms with Crippen molar-refractivity contribution in [2.24, 2.45) is 10.7 Å². The predicted molar refractivity (Wildman–Crippen MR) is 40.4 cm³/mol. The van der Waals surface area contributed by atoms with E-state index < -0.39 is 0 Å². The molecule has 3 N–H and O–H groups in total. The minimum absolute atomic E-state index is 0.812. The lowest BCUT2D eigenvalue weighted by Crippen LogP contribution is -2.07. The molecule has 0 aliphatic rings. The van der Waals surface area contributed by atoms with Crippen LogP contribution in [0.2, 0.25) is 0 Å². The van der Waals surface area contributed by atoms with Gasteiger partial charge in [-0.15, -0.1) is 0 Å². The summed E-state index contributed by atoms with van der Waals surface area (Å²) in [7, 11) is 1.89. The largest absolute Gasteiger partial charge is 0.390 e. The van der Waals surface area contributed by atoms with Gasteiger partial charge in [-0.05, 0) is 7.05 Å². The summed E-state index contributed by atoms with van der Waals surface area (Å²) in [6.07, 6.45) is 2.11. The van der Waals surface area contributed by atoms with Crippen LogP contribution in [0.1, 0.15) is 6.42 Å². The summed E-state index contributed by atoms with van der Waals surface area (Å²) in [6.45, 7) is 4.56. The van der Waals surface area contributed by atoms with Crippen LogP contribution in [-0.4, -0.2) is 19.9 Å². The Labute approximate surface area is 55.7 Å². The van der Waals surface area contributed by atoms with Crippen LogP contribution in [-0.2, 0) is 0 Å². The second-order valence-corrected chi connectivity index (χ2v) is 1.70. The number of rotatable bonds is 4. The van der Waals surface area contributed by atoms with Gasteiger partial charge in [-0.2, -0.15) is 0 Å². The van der Waals surface area contributed by atoms with E-state index in [9.17, 15) is 0 Å². The van der Waals surface area contributed by atoms with Crippen LogP contribution in [0, 0.1) is 0 Å². The van der Waals surface area contributed by atoms with Crippen LogP contribution in [0.5, 0.6) is 0 Å². The molecule has 3 heteroatoms.